The van der Waals surface area contributed by atoms with Crippen molar-refractivity contribution >= 4 is 11.6 Å². The van der Waals surface area contributed by atoms with Crippen molar-refractivity contribution in [1.29, 1.82) is 0 Å². The fourth-order valence-corrected chi connectivity index (χ4v) is 3.09. The lowest BCUT2D eigenvalue weighted by atomic mass is 10.0. The topological polar surface area (TPSA) is 42.0 Å². The van der Waals surface area contributed by atoms with Crippen LogP contribution in [0.25, 0.3) is 11.1 Å². The van der Waals surface area contributed by atoms with Gasteiger partial charge in [0.1, 0.15) is 0 Å². The van der Waals surface area contributed by atoms with Crippen LogP contribution in [0, 0.1) is 0 Å². The number of nitrogens with zero attached hydrogens (tertiary/aromatic N) is 1. The summed E-state index contributed by atoms with van der Waals surface area (Å²) in [6.45, 7) is 0. The molecule has 28 heavy (non-hydrogen) atoms. The van der Waals surface area contributed by atoms with Crippen LogP contribution < -0.4 is 5.32 Å². The minimum atomic E-state index is -0.110. The number of anilines is 1. The molecule has 1 amide bonds. The first-order valence-corrected chi connectivity index (χ1v) is 9.23. The van der Waals surface area contributed by atoms with E-state index in [2.05, 4.69) is 22.4 Å². The molecule has 0 fully saturated rings. The molecule has 136 valence electrons. The number of aromatic nitrogens is 1. The smallest absolute Gasteiger partial charge is 0.255 e. The number of benzene rings is 3. The zero-order valence-electron chi connectivity index (χ0n) is 15.4. The Balaban J connectivity index is 1.40. The lowest BCUT2D eigenvalue weighted by Crippen LogP contribution is -2.11. The molecule has 1 N–H and O–H groups in total. The highest BCUT2D eigenvalue weighted by Crippen LogP contribution is 2.20. The van der Waals surface area contributed by atoms with Gasteiger partial charge in [0.15, 0.2) is 0 Å². The van der Waals surface area contributed by atoms with Crippen LogP contribution in [-0.2, 0) is 6.42 Å². The average Bonchev–Trinajstić information content (AvgIpc) is 2.76. The van der Waals surface area contributed by atoms with Gasteiger partial charge in [0.2, 0.25) is 0 Å². The molecule has 3 aromatic carbocycles. The Morgan fingerprint density at radius 3 is 1.96 bits per heavy atom. The van der Waals surface area contributed by atoms with Crippen molar-refractivity contribution in [3.05, 3.63) is 120 Å². The standard InChI is InChI=1S/C25H20N2O/c28-25(23-10-8-22(9-11-23)21-4-2-1-3-5-21)27-24-12-6-19(7-13-24)18-20-14-16-26-17-15-20/h1-17H,18H2,(H,27,28). The van der Waals surface area contributed by atoms with Gasteiger partial charge in [-0.15, -0.1) is 0 Å². The molecule has 1 heterocycles. The van der Waals surface area contributed by atoms with Crippen LogP contribution >= 0.6 is 0 Å². The third-order valence-corrected chi connectivity index (χ3v) is 4.62. The Morgan fingerprint density at radius 1 is 0.679 bits per heavy atom. The summed E-state index contributed by atoms with van der Waals surface area (Å²) in [7, 11) is 0. The highest BCUT2D eigenvalue weighted by atomic mass is 16.1. The summed E-state index contributed by atoms with van der Waals surface area (Å²) in [4.78, 5) is 16.6. The van der Waals surface area contributed by atoms with Crippen LogP contribution in [0.15, 0.2) is 103 Å². The van der Waals surface area contributed by atoms with Gasteiger partial charge in [-0.3, -0.25) is 9.78 Å². The van der Waals surface area contributed by atoms with E-state index in [-0.39, 0.29) is 5.91 Å². The van der Waals surface area contributed by atoms with Crippen LogP contribution in [0.1, 0.15) is 21.5 Å². The number of amides is 1. The predicted octanol–water partition coefficient (Wildman–Crippen LogP) is 5.59. The van der Waals surface area contributed by atoms with E-state index in [4.69, 9.17) is 0 Å². The zero-order valence-corrected chi connectivity index (χ0v) is 15.4. The normalized spacial score (nSPS) is 10.4. The summed E-state index contributed by atoms with van der Waals surface area (Å²) in [5, 5.41) is 2.96. The second-order valence-corrected chi connectivity index (χ2v) is 6.63. The third kappa shape index (κ3) is 4.33. The first-order valence-electron chi connectivity index (χ1n) is 9.23. The number of pyridine rings is 1. The summed E-state index contributed by atoms with van der Waals surface area (Å²) < 4.78 is 0. The van der Waals surface area contributed by atoms with E-state index >= 15 is 0 Å². The molecule has 0 radical (unpaired) electrons. The first-order chi connectivity index (χ1) is 13.8. The van der Waals surface area contributed by atoms with E-state index in [0.29, 0.717) is 5.56 Å². The van der Waals surface area contributed by atoms with Crippen molar-refractivity contribution in [2.24, 2.45) is 0 Å². The lowest BCUT2D eigenvalue weighted by molar-refractivity contribution is 0.102. The van der Waals surface area contributed by atoms with Crippen LogP contribution in [0.3, 0.4) is 0 Å². The van der Waals surface area contributed by atoms with Gasteiger partial charge in [0.05, 0.1) is 0 Å². The van der Waals surface area contributed by atoms with Crippen molar-refractivity contribution in [1.82, 2.24) is 4.98 Å². The number of hydrogen-bond acceptors (Lipinski definition) is 2. The minimum Gasteiger partial charge on any atom is -0.322 e. The van der Waals surface area contributed by atoms with Gasteiger partial charge < -0.3 is 5.32 Å². The molecule has 0 aliphatic rings. The molecule has 4 rings (SSSR count). The SMILES string of the molecule is O=C(Nc1ccc(Cc2ccncc2)cc1)c1ccc(-c2ccccc2)cc1. The fourth-order valence-electron chi connectivity index (χ4n) is 3.09. The van der Waals surface area contributed by atoms with Gasteiger partial charge in [-0.2, -0.15) is 0 Å². The van der Waals surface area contributed by atoms with Crippen LogP contribution in [0.2, 0.25) is 0 Å². The molecule has 1 aromatic heterocycles. The van der Waals surface area contributed by atoms with Gasteiger partial charge >= 0.3 is 0 Å². The number of rotatable bonds is 5. The molecule has 0 saturated heterocycles. The van der Waals surface area contributed by atoms with E-state index in [1.165, 1.54) is 11.1 Å². The molecular formula is C25H20N2O. The summed E-state index contributed by atoms with van der Waals surface area (Å²) >= 11 is 0. The monoisotopic (exact) mass is 364 g/mol. The van der Waals surface area contributed by atoms with Crippen LogP contribution in [-0.4, -0.2) is 10.9 Å². The molecule has 0 bridgehead atoms. The molecule has 3 nitrogen and oxygen atoms in total. The summed E-state index contributed by atoms with van der Waals surface area (Å²) in [5.41, 5.74) is 6.06. The second-order valence-electron chi connectivity index (χ2n) is 6.63. The van der Waals surface area contributed by atoms with E-state index < -0.39 is 0 Å². The largest absolute Gasteiger partial charge is 0.322 e. The van der Waals surface area contributed by atoms with Gasteiger partial charge in [0.25, 0.3) is 5.91 Å². The van der Waals surface area contributed by atoms with Gasteiger partial charge in [-0.1, -0.05) is 54.6 Å². The highest BCUT2D eigenvalue weighted by Gasteiger charge is 2.07. The Labute approximate surface area is 164 Å². The molecule has 0 saturated carbocycles. The molecule has 4 aromatic rings. The molecular weight excluding hydrogens is 344 g/mol. The summed E-state index contributed by atoms with van der Waals surface area (Å²) in [5.74, 6) is -0.110. The zero-order chi connectivity index (χ0) is 19.2. The predicted molar refractivity (Wildman–Crippen MR) is 113 cm³/mol. The summed E-state index contributed by atoms with van der Waals surface area (Å²) in [6, 6.07) is 29.8. The molecule has 0 aliphatic heterocycles. The highest BCUT2D eigenvalue weighted by molar-refractivity contribution is 6.04. The Kier molecular flexibility index (Phi) is 5.25. The quantitative estimate of drug-likeness (QED) is 0.501. The van der Waals surface area contributed by atoms with Crippen molar-refractivity contribution in [2.45, 2.75) is 6.42 Å². The van der Waals surface area contributed by atoms with Gasteiger partial charge in [0, 0.05) is 23.6 Å². The Morgan fingerprint density at radius 2 is 1.29 bits per heavy atom. The average molecular weight is 364 g/mol. The number of carbonyl (C=O) groups is 1. The van der Waals surface area contributed by atoms with E-state index in [1.807, 2.05) is 78.9 Å². The molecule has 0 atom stereocenters. The first kappa shape index (κ1) is 17.7. The lowest BCUT2D eigenvalue weighted by Gasteiger charge is -2.08. The van der Waals surface area contributed by atoms with Gasteiger partial charge in [-0.05, 0) is 65.1 Å². The van der Waals surface area contributed by atoms with E-state index in [0.717, 1.165) is 23.2 Å². The summed E-state index contributed by atoms with van der Waals surface area (Å²) in [6.07, 6.45) is 4.44. The van der Waals surface area contributed by atoms with Crippen molar-refractivity contribution < 1.29 is 4.79 Å². The minimum absolute atomic E-state index is 0.110. The van der Waals surface area contributed by atoms with Crippen molar-refractivity contribution in [2.75, 3.05) is 5.32 Å². The molecule has 0 aliphatic carbocycles. The van der Waals surface area contributed by atoms with Crippen LogP contribution in [0.5, 0.6) is 0 Å². The second kappa shape index (κ2) is 8.31. The number of hydrogen-bond donors (Lipinski definition) is 1. The maximum Gasteiger partial charge on any atom is 0.255 e. The maximum atomic E-state index is 12.5. The number of nitrogens with one attached hydrogen (secondary N) is 1. The number of carbonyl (C=O) groups excluding carboxylic acids is 1. The van der Waals surface area contributed by atoms with Crippen molar-refractivity contribution in [3.8, 4) is 11.1 Å². The Bertz CT molecular complexity index is 1040. The maximum absolute atomic E-state index is 12.5. The molecule has 3 heteroatoms. The van der Waals surface area contributed by atoms with Crippen LogP contribution in [0.4, 0.5) is 5.69 Å². The Hall–Kier alpha value is -3.72. The molecule has 0 spiro atoms. The van der Waals surface area contributed by atoms with Crippen molar-refractivity contribution in [3.63, 3.8) is 0 Å². The third-order valence-electron chi connectivity index (χ3n) is 4.62. The fraction of sp³-hybridized carbons (Fsp3) is 0.0400. The van der Waals surface area contributed by atoms with E-state index in [9.17, 15) is 4.79 Å². The van der Waals surface area contributed by atoms with Gasteiger partial charge in [-0.25, -0.2) is 0 Å². The molecule has 0 unspecified atom stereocenters. The van der Waals surface area contributed by atoms with E-state index in [1.54, 1.807) is 12.4 Å².